The zero-order chi connectivity index (χ0) is 19.3. The van der Waals surface area contributed by atoms with Gasteiger partial charge < -0.3 is 19.9 Å². The fourth-order valence-corrected chi connectivity index (χ4v) is 2.82. The van der Waals surface area contributed by atoms with Gasteiger partial charge in [0, 0.05) is 32.0 Å². The standard InChI is InChI=1S/C22H29NO4/c1-26-15-14-23-16-18(8-3-2-4-13-22(24)25)17-27-21-12-7-10-19-9-5-6-11-20(19)21/h5-12,23H,2-4,13-17H2,1H3,(H,24,25)/b18-8-. The van der Waals surface area contributed by atoms with Crippen LogP contribution in [0.5, 0.6) is 5.75 Å². The van der Waals surface area contributed by atoms with Gasteiger partial charge in [-0.2, -0.15) is 0 Å². The van der Waals surface area contributed by atoms with Gasteiger partial charge >= 0.3 is 5.97 Å². The summed E-state index contributed by atoms with van der Waals surface area (Å²) in [7, 11) is 1.69. The lowest BCUT2D eigenvalue weighted by molar-refractivity contribution is -0.137. The third kappa shape index (κ3) is 7.81. The highest BCUT2D eigenvalue weighted by Crippen LogP contribution is 2.25. The summed E-state index contributed by atoms with van der Waals surface area (Å²) in [4.78, 5) is 10.6. The number of hydrogen-bond donors (Lipinski definition) is 2. The Kier molecular flexibility index (Phi) is 9.38. The Morgan fingerprint density at radius 1 is 1.15 bits per heavy atom. The number of rotatable bonds is 13. The first kappa shape index (κ1) is 20.9. The van der Waals surface area contributed by atoms with E-state index in [0.717, 1.165) is 48.0 Å². The molecule has 0 atom stereocenters. The largest absolute Gasteiger partial charge is 0.489 e. The minimum absolute atomic E-state index is 0.224. The molecular formula is C22H29NO4. The Morgan fingerprint density at radius 2 is 1.96 bits per heavy atom. The molecule has 0 saturated heterocycles. The van der Waals surface area contributed by atoms with E-state index in [1.165, 1.54) is 0 Å². The molecule has 0 radical (unpaired) electrons. The van der Waals surface area contributed by atoms with Gasteiger partial charge in [-0.3, -0.25) is 4.79 Å². The normalized spacial score (nSPS) is 11.7. The third-order valence-electron chi connectivity index (χ3n) is 4.28. The van der Waals surface area contributed by atoms with Gasteiger partial charge in [-0.1, -0.05) is 42.5 Å². The van der Waals surface area contributed by atoms with Gasteiger partial charge in [-0.05, 0) is 36.3 Å². The molecule has 2 N–H and O–H groups in total. The maximum Gasteiger partial charge on any atom is 0.303 e. The van der Waals surface area contributed by atoms with Crippen LogP contribution in [-0.2, 0) is 9.53 Å². The van der Waals surface area contributed by atoms with E-state index in [1.807, 2.05) is 24.3 Å². The van der Waals surface area contributed by atoms with Crippen LogP contribution in [0.2, 0.25) is 0 Å². The quantitative estimate of drug-likeness (QED) is 0.411. The van der Waals surface area contributed by atoms with E-state index in [1.54, 1.807) is 7.11 Å². The first-order valence-electron chi connectivity index (χ1n) is 9.40. The highest BCUT2D eigenvalue weighted by Gasteiger charge is 2.04. The maximum absolute atomic E-state index is 10.6. The molecule has 0 spiro atoms. The number of allylic oxidation sites excluding steroid dienone is 1. The number of carboxylic acid groups (broad SMARTS) is 1. The van der Waals surface area contributed by atoms with Gasteiger partial charge in [0.15, 0.2) is 0 Å². The van der Waals surface area contributed by atoms with Gasteiger partial charge in [0.1, 0.15) is 12.4 Å². The fourth-order valence-electron chi connectivity index (χ4n) is 2.82. The Morgan fingerprint density at radius 3 is 2.78 bits per heavy atom. The van der Waals surface area contributed by atoms with Crippen molar-refractivity contribution in [3.05, 3.63) is 54.1 Å². The summed E-state index contributed by atoms with van der Waals surface area (Å²) in [6.07, 6.45) is 4.80. The van der Waals surface area contributed by atoms with E-state index in [0.29, 0.717) is 19.6 Å². The highest BCUT2D eigenvalue weighted by molar-refractivity contribution is 5.88. The van der Waals surface area contributed by atoms with E-state index in [-0.39, 0.29) is 6.42 Å². The zero-order valence-electron chi connectivity index (χ0n) is 15.9. The second-order valence-corrected chi connectivity index (χ2v) is 6.44. The van der Waals surface area contributed by atoms with Crippen LogP contribution in [0.3, 0.4) is 0 Å². The summed E-state index contributed by atoms with van der Waals surface area (Å²) in [6, 6.07) is 14.3. The molecule has 0 fully saturated rings. The number of methoxy groups -OCH3 is 1. The summed E-state index contributed by atoms with van der Waals surface area (Å²) >= 11 is 0. The number of benzene rings is 2. The molecule has 0 unspecified atom stereocenters. The predicted molar refractivity (Wildman–Crippen MR) is 108 cm³/mol. The number of fused-ring (bicyclic) bond motifs is 1. The molecule has 0 saturated carbocycles. The molecule has 146 valence electrons. The first-order chi connectivity index (χ1) is 13.2. The number of carbonyl (C=O) groups is 1. The second-order valence-electron chi connectivity index (χ2n) is 6.44. The number of ether oxygens (including phenoxy) is 2. The molecule has 2 rings (SSSR count). The van der Waals surface area contributed by atoms with Gasteiger partial charge in [0.05, 0.1) is 6.61 Å². The van der Waals surface area contributed by atoms with Gasteiger partial charge in [0.25, 0.3) is 0 Å². The lowest BCUT2D eigenvalue weighted by Gasteiger charge is -2.13. The average Bonchev–Trinajstić information content (AvgIpc) is 2.68. The van der Waals surface area contributed by atoms with E-state index < -0.39 is 5.97 Å². The number of aliphatic carboxylic acids is 1. The van der Waals surface area contributed by atoms with E-state index in [4.69, 9.17) is 14.6 Å². The van der Waals surface area contributed by atoms with Crippen molar-refractivity contribution in [2.75, 3.05) is 33.4 Å². The molecule has 27 heavy (non-hydrogen) atoms. The lowest BCUT2D eigenvalue weighted by Crippen LogP contribution is -2.23. The van der Waals surface area contributed by atoms with Crippen molar-refractivity contribution in [2.24, 2.45) is 0 Å². The Balaban J connectivity index is 1.94. The molecule has 0 heterocycles. The minimum atomic E-state index is -0.736. The monoisotopic (exact) mass is 371 g/mol. The Bertz CT molecular complexity index is 737. The zero-order valence-corrected chi connectivity index (χ0v) is 15.9. The van der Waals surface area contributed by atoms with Crippen LogP contribution in [0.1, 0.15) is 25.7 Å². The van der Waals surface area contributed by atoms with Crippen molar-refractivity contribution >= 4 is 16.7 Å². The number of hydrogen-bond acceptors (Lipinski definition) is 4. The van der Waals surface area contributed by atoms with Crippen molar-refractivity contribution in [1.29, 1.82) is 0 Å². The second kappa shape index (κ2) is 12.1. The molecule has 5 heteroatoms. The molecular weight excluding hydrogens is 342 g/mol. The van der Waals surface area contributed by atoms with Crippen LogP contribution in [-0.4, -0.2) is 44.5 Å². The molecule has 0 aliphatic carbocycles. The van der Waals surface area contributed by atoms with Gasteiger partial charge in [0.2, 0.25) is 0 Å². The molecule has 2 aromatic rings. The van der Waals surface area contributed by atoms with Gasteiger partial charge in [-0.15, -0.1) is 0 Å². The van der Waals surface area contributed by atoms with Gasteiger partial charge in [-0.25, -0.2) is 0 Å². The van der Waals surface area contributed by atoms with Crippen LogP contribution in [0, 0.1) is 0 Å². The molecule has 0 aliphatic heterocycles. The molecule has 0 aliphatic rings. The summed E-state index contributed by atoms with van der Waals surface area (Å²) in [5.41, 5.74) is 1.16. The molecule has 0 aromatic heterocycles. The van der Waals surface area contributed by atoms with Crippen molar-refractivity contribution in [2.45, 2.75) is 25.7 Å². The smallest absolute Gasteiger partial charge is 0.303 e. The molecule has 2 aromatic carbocycles. The summed E-state index contributed by atoms with van der Waals surface area (Å²) in [5.74, 6) is 0.140. The Labute approximate surface area is 161 Å². The number of nitrogens with one attached hydrogen (secondary N) is 1. The highest BCUT2D eigenvalue weighted by atomic mass is 16.5. The van der Waals surface area contributed by atoms with E-state index in [2.05, 4.69) is 29.6 Å². The SMILES string of the molecule is COCCNC/C(=C/CCCCC(=O)O)COc1cccc2ccccc12. The van der Waals surface area contributed by atoms with Crippen LogP contribution >= 0.6 is 0 Å². The summed E-state index contributed by atoms with van der Waals surface area (Å²) in [6.45, 7) is 2.68. The van der Waals surface area contributed by atoms with Crippen molar-refractivity contribution in [1.82, 2.24) is 5.32 Å². The topological polar surface area (TPSA) is 67.8 Å². The predicted octanol–water partition coefficient (Wildman–Crippen LogP) is 4.03. The summed E-state index contributed by atoms with van der Waals surface area (Å²) < 4.78 is 11.2. The number of unbranched alkanes of at least 4 members (excludes halogenated alkanes) is 2. The van der Waals surface area contributed by atoms with Crippen LogP contribution in [0.25, 0.3) is 10.8 Å². The van der Waals surface area contributed by atoms with Crippen molar-refractivity contribution < 1.29 is 19.4 Å². The van der Waals surface area contributed by atoms with E-state index >= 15 is 0 Å². The minimum Gasteiger partial charge on any atom is -0.489 e. The molecule has 0 amide bonds. The molecule has 0 bridgehead atoms. The van der Waals surface area contributed by atoms with Crippen molar-refractivity contribution in [3.63, 3.8) is 0 Å². The van der Waals surface area contributed by atoms with E-state index in [9.17, 15) is 4.79 Å². The third-order valence-corrected chi connectivity index (χ3v) is 4.28. The van der Waals surface area contributed by atoms with Crippen molar-refractivity contribution in [3.8, 4) is 5.75 Å². The molecule has 5 nitrogen and oxygen atoms in total. The Hall–Kier alpha value is -2.37. The number of carboxylic acids is 1. The van der Waals surface area contributed by atoms with Crippen LogP contribution in [0.4, 0.5) is 0 Å². The fraction of sp³-hybridized carbons (Fsp3) is 0.409. The van der Waals surface area contributed by atoms with Crippen LogP contribution < -0.4 is 10.1 Å². The van der Waals surface area contributed by atoms with Crippen LogP contribution in [0.15, 0.2) is 54.1 Å². The average molecular weight is 371 g/mol. The first-order valence-corrected chi connectivity index (χ1v) is 9.40. The maximum atomic E-state index is 10.6. The lowest BCUT2D eigenvalue weighted by atomic mass is 10.1. The summed E-state index contributed by atoms with van der Waals surface area (Å²) in [5, 5.41) is 14.3.